The summed E-state index contributed by atoms with van der Waals surface area (Å²) in [4.78, 5) is 25.9. The van der Waals surface area contributed by atoms with Gasteiger partial charge < -0.3 is 19.7 Å². The van der Waals surface area contributed by atoms with Gasteiger partial charge in [0, 0.05) is 13.1 Å². The molecule has 0 radical (unpaired) electrons. The summed E-state index contributed by atoms with van der Waals surface area (Å²) in [6.07, 6.45) is 0. The highest BCUT2D eigenvalue weighted by Crippen LogP contribution is 2.16. The van der Waals surface area contributed by atoms with E-state index in [1.54, 1.807) is 36.3 Å². The summed E-state index contributed by atoms with van der Waals surface area (Å²) in [5.41, 5.74) is 1.05. The summed E-state index contributed by atoms with van der Waals surface area (Å²) in [7, 11) is 1.58. The summed E-state index contributed by atoms with van der Waals surface area (Å²) in [5.74, 6) is 0.802. The zero-order valence-electron chi connectivity index (χ0n) is 15.1. The summed E-state index contributed by atoms with van der Waals surface area (Å²) >= 11 is 0. The highest BCUT2D eigenvalue weighted by Gasteiger charge is 2.13. The lowest BCUT2D eigenvalue weighted by atomic mass is 10.2. The first-order chi connectivity index (χ1) is 12.6. The maximum Gasteiger partial charge on any atom is 0.258 e. The van der Waals surface area contributed by atoms with Gasteiger partial charge in [-0.25, -0.2) is 0 Å². The number of benzene rings is 2. The van der Waals surface area contributed by atoms with E-state index in [1.807, 2.05) is 37.3 Å². The van der Waals surface area contributed by atoms with Crippen molar-refractivity contribution in [3.8, 4) is 11.5 Å². The molecule has 2 aromatic carbocycles. The van der Waals surface area contributed by atoms with Crippen molar-refractivity contribution in [2.75, 3.05) is 26.8 Å². The molecule has 138 valence electrons. The smallest absolute Gasteiger partial charge is 0.258 e. The number of amides is 2. The Bertz CT molecular complexity index is 702. The van der Waals surface area contributed by atoms with Crippen molar-refractivity contribution in [3.05, 3.63) is 60.2 Å². The number of carbonyl (C=O) groups is 2. The Morgan fingerprint density at radius 2 is 1.65 bits per heavy atom. The molecule has 0 bridgehead atoms. The monoisotopic (exact) mass is 356 g/mol. The Morgan fingerprint density at radius 3 is 2.27 bits per heavy atom. The molecule has 0 heterocycles. The molecular weight excluding hydrogens is 332 g/mol. The molecule has 2 amide bonds. The summed E-state index contributed by atoms with van der Waals surface area (Å²) < 4.78 is 10.4. The number of nitrogens with zero attached hydrogens (tertiary/aromatic N) is 1. The van der Waals surface area contributed by atoms with Crippen LogP contribution in [0.25, 0.3) is 0 Å². The third-order valence-electron chi connectivity index (χ3n) is 3.82. The van der Waals surface area contributed by atoms with Crippen LogP contribution in [0.4, 0.5) is 0 Å². The fourth-order valence-electron chi connectivity index (χ4n) is 2.34. The van der Waals surface area contributed by atoms with Gasteiger partial charge in [0.25, 0.3) is 5.91 Å². The SMILES string of the molecule is CCN(Cc1ccccc1)C(=O)CNC(=O)COc1ccc(OC)cc1. The number of nitrogens with one attached hydrogen (secondary N) is 1. The van der Waals surface area contributed by atoms with Crippen molar-refractivity contribution in [2.24, 2.45) is 0 Å². The van der Waals surface area contributed by atoms with Gasteiger partial charge in [-0.3, -0.25) is 9.59 Å². The van der Waals surface area contributed by atoms with Crippen LogP contribution in [0.2, 0.25) is 0 Å². The van der Waals surface area contributed by atoms with Crippen LogP contribution in [0.1, 0.15) is 12.5 Å². The van der Waals surface area contributed by atoms with Crippen molar-refractivity contribution >= 4 is 11.8 Å². The maximum absolute atomic E-state index is 12.3. The second-order valence-corrected chi connectivity index (χ2v) is 5.63. The topological polar surface area (TPSA) is 67.9 Å². The van der Waals surface area contributed by atoms with Gasteiger partial charge in [-0.15, -0.1) is 0 Å². The number of methoxy groups -OCH3 is 1. The molecule has 26 heavy (non-hydrogen) atoms. The van der Waals surface area contributed by atoms with Crippen LogP contribution >= 0.6 is 0 Å². The minimum Gasteiger partial charge on any atom is -0.497 e. The first-order valence-corrected chi connectivity index (χ1v) is 8.47. The molecule has 0 aliphatic rings. The lowest BCUT2D eigenvalue weighted by molar-refractivity contribution is -0.133. The molecule has 0 saturated heterocycles. The molecule has 0 fully saturated rings. The van der Waals surface area contributed by atoms with Gasteiger partial charge in [0.15, 0.2) is 6.61 Å². The highest BCUT2D eigenvalue weighted by atomic mass is 16.5. The van der Waals surface area contributed by atoms with E-state index in [9.17, 15) is 9.59 Å². The predicted octanol–water partition coefficient (Wildman–Crippen LogP) is 2.24. The van der Waals surface area contributed by atoms with Gasteiger partial charge in [0.2, 0.25) is 5.91 Å². The number of likely N-dealkylation sites (N-methyl/N-ethyl adjacent to an activating group) is 1. The summed E-state index contributed by atoms with van der Waals surface area (Å²) in [5, 5.41) is 2.60. The summed E-state index contributed by atoms with van der Waals surface area (Å²) in [6, 6.07) is 16.7. The van der Waals surface area contributed by atoms with Crippen molar-refractivity contribution < 1.29 is 19.1 Å². The van der Waals surface area contributed by atoms with E-state index in [0.29, 0.717) is 24.6 Å². The normalized spacial score (nSPS) is 10.1. The van der Waals surface area contributed by atoms with Gasteiger partial charge in [-0.1, -0.05) is 30.3 Å². The average Bonchev–Trinajstić information content (AvgIpc) is 2.69. The third kappa shape index (κ3) is 6.12. The van der Waals surface area contributed by atoms with Crippen LogP contribution in [0, 0.1) is 0 Å². The molecule has 6 nitrogen and oxygen atoms in total. The Kier molecular flexibility index (Phi) is 7.49. The first kappa shape index (κ1) is 19.3. The van der Waals surface area contributed by atoms with Crippen molar-refractivity contribution in [1.82, 2.24) is 10.2 Å². The van der Waals surface area contributed by atoms with Crippen LogP contribution in [0.5, 0.6) is 11.5 Å². The van der Waals surface area contributed by atoms with Crippen LogP contribution in [-0.2, 0) is 16.1 Å². The van der Waals surface area contributed by atoms with E-state index in [2.05, 4.69) is 5.32 Å². The number of carbonyl (C=O) groups excluding carboxylic acids is 2. The molecule has 0 atom stereocenters. The second-order valence-electron chi connectivity index (χ2n) is 5.63. The van der Waals surface area contributed by atoms with E-state index in [-0.39, 0.29) is 25.0 Å². The third-order valence-corrected chi connectivity index (χ3v) is 3.82. The van der Waals surface area contributed by atoms with E-state index in [0.717, 1.165) is 5.56 Å². The van der Waals surface area contributed by atoms with E-state index in [1.165, 1.54) is 0 Å². The molecule has 0 saturated carbocycles. The zero-order chi connectivity index (χ0) is 18.8. The quantitative estimate of drug-likeness (QED) is 0.748. The van der Waals surface area contributed by atoms with Gasteiger partial charge in [-0.2, -0.15) is 0 Å². The van der Waals surface area contributed by atoms with Crippen LogP contribution in [0.15, 0.2) is 54.6 Å². The molecule has 0 aromatic heterocycles. The molecule has 1 N–H and O–H groups in total. The fourth-order valence-corrected chi connectivity index (χ4v) is 2.34. The molecule has 6 heteroatoms. The molecule has 0 aliphatic carbocycles. The lowest BCUT2D eigenvalue weighted by Gasteiger charge is -2.21. The number of hydrogen-bond donors (Lipinski definition) is 1. The van der Waals surface area contributed by atoms with E-state index >= 15 is 0 Å². The van der Waals surface area contributed by atoms with Crippen LogP contribution in [-0.4, -0.2) is 43.5 Å². The Hall–Kier alpha value is -3.02. The van der Waals surface area contributed by atoms with Gasteiger partial charge in [0.1, 0.15) is 11.5 Å². The Morgan fingerprint density at radius 1 is 1.00 bits per heavy atom. The summed E-state index contributed by atoms with van der Waals surface area (Å²) in [6.45, 7) is 2.81. The minimum absolute atomic E-state index is 0.0501. The van der Waals surface area contributed by atoms with Crippen LogP contribution in [0.3, 0.4) is 0 Å². The predicted molar refractivity (Wildman–Crippen MR) is 99.0 cm³/mol. The first-order valence-electron chi connectivity index (χ1n) is 8.47. The number of hydrogen-bond acceptors (Lipinski definition) is 4. The number of rotatable bonds is 9. The largest absolute Gasteiger partial charge is 0.497 e. The Balaban J connectivity index is 1.75. The standard InChI is InChI=1S/C20H24N2O4/c1-3-22(14-16-7-5-4-6-8-16)20(24)13-21-19(23)15-26-18-11-9-17(25-2)10-12-18/h4-12H,3,13-15H2,1-2H3,(H,21,23). The Labute approximate surface area is 153 Å². The van der Waals surface area contributed by atoms with Crippen molar-refractivity contribution in [2.45, 2.75) is 13.5 Å². The minimum atomic E-state index is -0.343. The maximum atomic E-state index is 12.3. The molecule has 0 spiro atoms. The molecule has 0 unspecified atom stereocenters. The average molecular weight is 356 g/mol. The lowest BCUT2D eigenvalue weighted by Crippen LogP contribution is -2.41. The molecule has 2 rings (SSSR count). The van der Waals surface area contributed by atoms with Gasteiger partial charge >= 0.3 is 0 Å². The fraction of sp³-hybridized carbons (Fsp3) is 0.300. The highest BCUT2D eigenvalue weighted by molar-refractivity contribution is 5.85. The van der Waals surface area contributed by atoms with E-state index in [4.69, 9.17) is 9.47 Å². The van der Waals surface area contributed by atoms with E-state index < -0.39 is 0 Å². The molecular formula is C20H24N2O4. The second kappa shape index (κ2) is 10.1. The molecule has 0 aliphatic heterocycles. The van der Waals surface area contributed by atoms with Crippen molar-refractivity contribution in [1.29, 1.82) is 0 Å². The van der Waals surface area contributed by atoms with Crippen molar-refractivity contribution in [3.63, 3.8) is 0 Å². The van der Waals surface area contributed by atoms with Gasteiger partial charge in [-0.05, 0) is 36.8 Å². The van der Waals surface area contributed by atoms with Crippen LogP contribution < -0.4 is 14.8 Å². The van der Waals surface area contributed by atoms with Gasteiger partial charge in [0.05, 0.1) is 13.7 Å². The number of ether oxygens (including phenoxy) is 2. The zero-order valence-corrected chi connectivity index (χ0v) is 15.1. The molecule has 2 aromatic rings.